The van der Waals surface area contributed by atoms with Gasteiger partial charge in [-0.3, -0.25) is 14.5 Å². The van der Waals surface area contributed by atoms with Crippen LogP contribution < -0.4 is 15.4 Å². The van der Waals surface area contributed by atoms with Crippen molar-refractivity contribution in [1.29, 1.82) is 0 Å². The van der Waals surface area contributed by atoms with Gasteiger partial charge in [-0.1, -0.05) is 36.4 Å². The van der Waals surface area contributed by atoms with Gasteiger partial charge in [0.2, 0.25) is 5.91 Å². The molecule has 1 heterocycles. The Morgan fingerprint density at radius 2 is 1.82 bits per heavy atom. The molecule has 1 aliphatic heterocycles. The number of carbonyl (C=O) groups excluding carboxylic acids is 3. The second-order valence-electron chi connectivity index (χ2n) is 8.73. The molecule has 1 atom stereocenters. The second-order valence-corrected chi connectivity index (χ2v) is 8.73. The lowest BCUT2D eigenvalue weighted by Crippen LogP contribution is -2.47. The second kappa shape index (κ2) is 8.67. The first-order valence-corrected chi connectivity index (χ1v) is 11.3. The number of rotatable bonds is 5. The summed E-state index contributed by atoms with van der Waals surface area (Å²) in [6, 6.07) is 21.8. The molecule has 0 radical (unpaired) electrons. The molecule has 0 saturated carbocycles. The van der Waals surface area contributed by atoms with Gasteiger partial charge in [-0.25, -0.2) is 4.79 Å². The first kappa shape index (κ1) is 21.7. The van der Waals surface area contributed by atoms with Crippen LogP contribution in [0.2, 0.25) is 0 Å². The molecule has 34 heavy (non-hydrogen) atoms. The van der Waals surface area contributed by atoms with Gasteiger partial charge in [0.05, 0.1) is 0 Å². The summed E-state index contributed by atoms with van der Waals surface area (Å²) in [5.74, 6) is 0.544. The zero-order valence-corrected chi connectivity index (χ0v) is 18.8. The summed E-state index contributed by atoms with van der Waals surface area (Å²) in [6.45, 7) is 1.64. The molecule has 2 N–H and O–H groups in total. The van der Waals surface area contributed by atoms with Crippen molar-refractivity contribution in [3.05, 3.63) is 89.5 Å². The summed E-state index contributed by atoms with van der Waals surface area (Å²) in [5.41, 5.74) is 2.45. The van der Waals surface area contributed by atoms with Crippen LogP contribution in [0.5, 0.6) is 11.5 Å². The fourth-order valence-electron chi connectivity index (χ4n) is 4.72. The van der Waals surface area contributed by atoms with Gasteiger partial charge in [-0.2, -0.15) is 0 Å². The molecule has 5 rings (SSSR count). The number of imide groups is 1. The summed E-state index contributed by atoms with van der Waals surface area (Å²) >= 11 is 0. The number of nitrogens with one attached hydrogen (secondary N) is 2. The number of anilines is 1. The average molecular weight is 456 g/mol. The highest BCUT2D eigenvalue weighted by molar-refractivity contribution is 6.10. The highest BCUT2D eigenvalue weighted by Gasteiger charge is 2.54. The van der Waals surface area contributed by atoms with E-state index < -0.39 is 17.5 Å². The predicted octanol–water partition coefficient (Wildman–Crippen LogP) is 4.51. The summed E-state index contributed by atoms with van der Waals surface area (Å²) in [5, 5.41) is 5.62. The van der Waals surface area contributed by atoms with Crippen LogP contribution in [0, 0.1) is 6.92 Å². The van der Waals surface area contributed by atoms with E-state index in [1.807, 2.05) is 55.5 Å². The first-order valence-electron chi connectivity index (χ1n) is 11.3. The number of nitrogens with zero attached hydrogens (tertiary/aromatic N) is 1. The Hall–Kier alpha value is -4.13. The van der Waals surface area contributed by atoms with Crippen LogP contribution in [0.1, 0.15) is 29.5 Å². The van der Waals surface area contributed by atoms with Crippen molar-refractivity contribution in [3.63, 3.8) is 0 Å². The van der Waals surface area contributed by atoms with Crippen LogP contribution >= 0.6 is 0 Å². The monoisotopic (exact) mass is 455 g/mol. The number of urea groups is 1. The Labute approximate surface area is 197 Å². The van der Waals surface area contributed by atoms with Crippen molar-refractivity contribution in [2.75, 3.05) is 11.9 Å². The van der Waals surface area contributed by atoms with Crippen LogP contribution in [0.25, 0.3) is 0 Å². The molecule has 4 amide bonds. The minimum Gasteiger partial charge on any atom is -0.457 e. The van der Waals surface area contributed by atoms with Crippen molar-refractivity contribution in [2.45, 2.75) is 31.7 Å². The first-order chi connectivity index (χ1) is 16.4. The minimum absolute atomic E-state index is 0.351. The molecule has 7 heteroatoms. The Balaban J connectivity index is 1.25. The van der Waals surface area contributed by atoms with E-state index in [-0.39, 0.29) is 12.5 Å². The van der Waals surface area contributed by atoms with Crippen LogP contribution in [0.3, 0.4) is 0 Å². The lowest BCUT2D eigenvalue weighted by Gasteiger charge is -2.33. The zero-order valence-electron chi connectivity index (χ0n) is 18.8. The molecule has 1 saturated heterocycles. The molecule has 1 unspecified atom stereocenters. The molecule has 3 aromatic carbocycles. The number of aryl methyl sites for hydroxylation is 2. The van der Waals surface area contributed by atoms with Crippen LogP contribution in [-0.4, -0.2) is 29.3 Å². The highest BCUT2D eigenvalue weighted by Crippen LogP contribution is 2.39. The molecule has 2 aliphatic rings. The van der Waals surface area contributed by atoms with Crippen molar-refractivity contribution < 1.29 is 19.1 Å². The Morgan fingerprint density at radius 3 is 2.62 bits per heavy atom. The van der Waals surface area contributed by atoms with Gasteiger partial charge in [0.25, 0.3) is 5.91 Å². The van der Waals surface area contributed by atoms with Gasteiger partial charge in [0.1, 0.15) is 23.6 Å². The molecule has 3 aromatic rings. The van der Waals surface area contributed by atoms with Crippen molar-refractivity contribution in [3.8, 4) is 11.5 Å². The molecule has 0 aromatic heterocycles. The van der Waals surface area contributed by atoms with Gasteiger partial charge >= 0.3 is 6.03 Å². The predicted molar refractivity (Wildman–Crippen MR) is 128 cm³/mol. The molecule has 172 valence electrons. The lowest BCUT2D eigenvalue weighted by molar-refractivity contribution is -0.134. The van der Waals surface area contributed by atoms with E-state index in [1.165, 1.54) is 0 Å². The summed E-state index contributed by atoms with van der Waals surface area (Å²) in [7, 11) is 0. The number of hydrogen-bond acceptors (Lipinski definition) is 4. The summed E-state index contributed by atoms with van der Waals surface area (Å²) in [4.78, 5) is 39.7. The number of hydrogen-bond donors (Lipinski definition) is 2. The van der Waals surface area contributed by atoms with E-state index in [0.717, 1.165) is 40.2 Å². The zero-order chi connectivity index (χ0) is 23.7. The molecule has 7 nitrogen and oxygen atoms in total. The smallest absolute Gasteiger partial charge is 0.325 e. The van der Waals surface area contributed by atoms with E-state index >= 15 is 0 Å². The van der Waals surface area contributed by atoms with E-state index in [2.05, 4.69) is 10.6 Å². The number of ether oxygens (including phenoxy) is 1. The van der Waals surface area contributed by atoms with E-state index in [1.54, 1.807) is 24.3 Å². The maximum absolute atomic E-state index is 13.3. The molecular weight excluding hydrogens is 430 g/mol. The standard InChI is InChI=1S/C27H25N3O4/c1-18-6-4-9-22(16-18)34-21-13-11-20(12-14-21)28-24(31)17-30-25(32)27(29-26(30)33)15-5-8-19-7-2-3-10-23(19)27/h2-4,6-7,9-14,16H,5,8,15,17H2,1H3,(H,28,31)(H,29,33). The van der Waals surface area contributed by atoms with Gasteiger partial charge in [0, 0.05) is 5.69 Å². The SMILES string of the molecule is Cc1cccc(Oc2ccc(NC(=O)CN3C(=O)NC4(CCCc5ccccc54)C3=O)cc2)c1. The van der Waals surface area contributed by atoms with Crippen LogP contribution in [0.4, 0.5) is 10.5 Å². The fraction of sp³-hybridized carbons (Fsp3) is 0.222. The quantitative estimate of drug-likeness (QED) is 0.554. The maximum Gasteiger partial charge on any atom is 0.325 e. The lowest BCUT2D eigenvalue weighted by atomic mass is 9.76. The Kier molecular flexibility index (Phi) is 5.53. The number of benzene rings is 3. The van der Waals surface area contributed by atoms with Crippen molar-refractivity contribution >= 4 is 23.5 Å². The van der Waals surface area contributed by atoms with E-state index in [9.17, 15) is 14.4 Å². The van der Waals surface area contributed by atoms with Gasteiger partial charge < -0.3 is 15.4 Å². The van der Waals surface area contributed by atoms with Crippen molar-refractivity contribution in [1.82, 2.24) is 10.2 Å². The third kappa shape index (κ3) is 4.01. The van der Waals surface area contributed by atoms with E-state index in [4.69, 9.17) is 4.74 Å². The third-order valence-electron chi connectivity index (χ3n) is 6.32. The van der Waals surface area contributed by atoms with Gasteiger partial charge in [-0.05, 0) is 79.3 Å². The normalized spacial score (nSPS) is 19.0. The molecule has 1 spiro atoms. The van der Waals surface area contributed by atoms with Gasteiger partial charge in [-0.15, -0.1) is 0 Å². The minimum atomic E-state index is -1.08. The van der Waals surface area contributed by atoms with Crippen LogP contribution in [0.15, 0.2) is 72.8 Å². The summed E-state index contributed by atoms with van der Waals surface area (Å²) in [6.07, 6.45) is 2.18. The maximum atomic E-state index is 13.3. The number of carbonyl (C=O) groups is 3. The number of fused-ring (bicyclic) bond motifs is 2. The largest absolute Gasteiger partial charge is 0.457 e. The van der Waals surface area contributed by atoms with E-state index in [0.29, 0.717) is 17.9 Å². The number of amides is 4. The molecule has 1 aliphatic carbocycles. The van der Waals surface area contributed by atoms with Gasteiger partial charge in [0.15, 0.2) is 0 Å². The molecular formula is C27H25N3O4. The molecule has 1 fully saturated rings. The third-order valence-corrected chi connectivity index (χ3v) is 6.32. The van der Waals surface area contributed by atoms with Crippen LogP contribution in [-0.2, 0) is 21.5 Å². The molecule has 0 bridgehead atoms. The summed E-state index contributed by atoms with van der Waals surface area (Å²) < 4.78 is 5.83. The van der Waals surface area contributed by atoms with Crippen molar-refractivity contribution in [2.24, 2.45) is 0 Å². The topological polar surface area (TPSA) is 87.7 Å². The highest BCUT2D eigenvalue weighted by atomic mass is 16.5. The Bertz CT molecular complexity index is 1270. The fourth-order valence-corrected chi connectivity index (χ4v) is 4.72. The average Bonchev–Trinajstić information content (AvgIpc) is 3.05. The Morgan fingerprint density at radius 1 is 1.03 bits per heavy atom.